The molecule has 0 radical (unpaired) electrons. The van der Waals surface area contributed by atoms with Gasteiger partial charge in [0.05, 0.1) is 11.9 Å². The van der Waals surface area contributed by atoms with Gasteiger partial charge in [0.25, 0.3) is 0 Å². The van der Waals surface area contributed by atoms with E-state index in [1.165, 1.54) is 0 Å². The fourth-order valence-electron chi connectivity index (χ4n) is 0.681. The van der Waals surface area contributed by atoms with Gasteiger partial charge in [0.1, 0.15) is 0 Å². The summed E-state index contributed by atoms with van der Waals surface area (Å²) >= 11 is 10.1. The van der Waals surface area contributed by atoms with Crippen molar-refractivity contribution in [2.75, 3.05) is 28.2 Å². The van der Waals surface area contributed by atoms with Crippen molar-refractivity contribution < 1.29 is 0 Å². The Balaban J connectivity index is 4.34. The molecule has 0 aliphatic heterocycles. The molecule has 0 aromatic rings. The van der Waals surface area contributed by atoms with Crippen LogP contribution in [0.1, 0.15) is 13.3 Å². The molecule has 2 N–H and O–H groups in total. The third-order valence-electron chi connectivity index (χ3n) is 1.84. The molecular formula is C10H20N6S2. The van der Waals surface area contributed by atoms with E-state index in [4.69, 9.17) is 24.4 Å². The molecule has 18 heavy (non-hydrogen) atoms. The van der Waals surface area contributed by atoms with Crippen molar-refractivity contribution in [2.45, 2.75) is 13.3 Å². The number of nitrogens with one attached hydrogen (secondary N) is 2. The number of hydrogen-bond acceptors (Lipinski definition) is 4. The first kappa shape index (κ1) is 16.7. The third kappa shape index (κ3) is 7.13. The van der Waals surface area contributed by atoms with Crippen molar-refractivity contribution in [3.8, 4) is 0 Å². The summed E-state index contributed by atoms with van der Waals surface area (Å²) in [6, 6.07) is 0. The Morgan fingerprint density at radius 1 is 1.06 bits per heavy atom. The smallest absolute Gasteiger partial charge is 0.189 e. The molecule has 0 bridgehead atoms. The highest BCUT2D eigenvalue weighted by Crippen LogP contribution is 1.84. The molecule has 0 saturated carbocycles. The Hall–Kier alpha value is -1.28. The number of thiocarbonyl (C=S) groups is 2. The van der Waals surface area contributed by atoms with Gasteiger partial charge in [-0.25, -0.2) is 0 Å². The molecule has 0 aromatic carbocycles. The highest BCUT2D eigenvalue weighted by Gasteiger charge is 1.98. The molecule has 0 aliphatic carbocycles. The van der Waals surface area contributed by atoms with Gasteiger partial charge in [-0.15, -0.1) is 0 Å². The van der Waals surface area contributed by atoms with Gasteiger partial charge >= 0.3 is 0 Å². The lowest BCUT2D eigenvalue weighted by atomic mass is 10.3. The zero-order chi connectivity index (χ0) is 14.1. The number of hydrogen-bond donors (Lipinski definition) is 2. The molecule has 6 nitrogen and oxygen atoms in total. The fourth-order valence-corrected chi connectivity index (χ4v) is 0.779. The summed E-state index contributed by atoms with van der Waals surface area (Å²) in [6.45, 7) is 1.98. The first-order valence-electron chi connectivity index (χ1n) is 5.42. The van der Waals surface area contributed by atoms with E-state index in [0.717, 1.165) is 12.1 Å². The van der Waals surface area contributed by atoms with Crippen LogP contribution in [0.2, 0.25) is 0 Å². The first-order chi connectivity index (χ1) is 8.38. The maximum Gasteiger partial charge on any atom is 0.189 e. The van der Waals surface area contributed by atoms with E-state index in [1.54, 1.807) is 16.0 Å². The molecule has 0 spiro atoms. The molecule has 0 unspecified atom stereocenters. The quantitative estimate of drug-likeness (QED) is 0.449. The predicted molar refractivity (Wildman–Crippen MR) is 85.1 cm³/mol. The lowest BCUT2D eigenvalue weighted by Crippen LogP contribution is -2.32. The molecule has 0 aromatic heterocycles. The first-order valence-corrected chi connectivity index (χ1v) is 6.24. The maximum absolute atomic E-state index is 5.05. The van der Waals surface area contributed by atoms with Crippen LogP contribution in [0.25, 0.3) is 0 Å². The van der Waals surface area contributed by atoms with Gasteiger partial charge in [0.15, 0.2) is 10.2 Å². The molecule has 0 aliphatic rings. The zero-order valence-corrected chi connectivity index (χ0v) is 13.0. The summed E-state index contributed by atoms with van der Waals surface area (Å²) in [5.74, 6) is 0. The molecule has 8 heteroatoms. The van der Waals surface area contributed by atoms with E-state index in [2.05, 4.69) is 21.1 Å². The van der Waals surface area contributed by atoms with E-state index < -0.39 is 0 Å². The van der Waals surface area contributed by atoms with Crippen LogP contribution < -0.4 is 10.9 Å². The minimum absolute atomic E-state index is 0.540. The van der Waals surface area contributed by atoms with Crippen molar-refractivity contribution in [1.29, 1.82) is 0 Å². The fraction of sp³-hybridized carbons (Fsp3) is 0.600. The second kappa shape index (κ2) is 8.76. The van der Waals surface area contributed by atoms with Gasteiger partial charge in [-0.2, -0.15) is 10.2 Å². The minimum atomic E-state index is 0.540. The van der Waals surface area contributed by atoms with E-state index >= 15 is 0 Å². The van der Waals surface area contributed by atoms with Crippen LogP contribution in [-0.2, 0) is 0 Å². The van der Waals surface area contributed by atoms with E-state index in [9.17, 15) is 0 Å². The van der Waals surface area contributed by atoms with Crippen molar-refractivity contribution in [2.24, 2.45) is 10.2 Å². The summed E-state index contributed by atoms with van der Waals surface area (Å²) in [5.41, 5.74) is 6.28. The SMILES string of the molecule is CCC(/C=N\NC(=S)N(C)C)=N/NC(=S)N(C)C. The average molecular weight is 288 g/mol. The van der Waals surface area contributed by atoms with E-state index in [-0.39, 0.29) is 0 Å². The van der Waals surface area contributed by atoms with Gasteiger partial charge in [0.2, 0.25) is 0 Å². The summed E-state index contributed by atoms with van der Waals surface area (Å²) in [6.07, 6.45) is 2.35. The minimum Gasteiger partial charge on any atom is -0.354 e. The normalized spacial score (nSPS) is 11.3. The monoisotopic (exact) mass is 288 g/mol. The maximum atomic E-state index is 5.05. The molecule has 0 heterocycles. The van der Waals surface area contributed by atoms with Crippen LogP contribution >= 0.6 is 24.4 Å². The third-order valence-corrected chi connectivity index (χ3v) is 2.76. The molecule has 0 amide bonds. The second-order valence-corrected chi connectivity index (χ2v) is 4.61. The van der Waals surface area contributed by atoms with Gasteiger partial charge in [0, 0.05) is 28.2 Å². The Morgan fingerprint density at radius 2 is 1.56 bits per heavy atom. The molecule has 0 rings (SSSR count). The topological polar surface area (TPSA) is 55.3 Å². The van der Waals surface area contributed by atoms with Crippen LogP contribution in [-0.4, -0.2) is 60.1 Å². The van der Waals surface area contributed by atoms with Crippen LogP contribution in [0.5, 0.6) is 0 Å². The Labute approximate surface area is 119 Å². The van der Waals surface area contributed by atoms with Crippen LogP contribution in [0.3, 0.4) is 0 Å². The van der Waals surface area contributed by atoms with Gasteiger partial charge in [-0.05, 0) is 30.9 Å². The van der Waals surface area contributed by atoms with Gasteiger partial charge < -0.3 is 9.80 Å². The van der Waals surface area contributed by atoms with Crippen LogP contribution in [0, 0.1) is 0 Å². The Morgan fingerprint density at radius 3 is 2.00 bits per heavy atom. The summed E-state index contributed by atoms with van der Waals surface area (Å²) in [5, 5.41) is 9.23. The highest BCUT2D eigenvalue weighted by atomic mass is 32.1. The number of nitrogens with zero attached hydrogens (tertiary/aromatic N) is 4. The van der Waals surface area contributed by atoms with Crippen molar-refractivity contribution >= 4 is 46.6 Å². The number of rotatable bonds is 4. The number of hydrazone groups is 2. The standard InChI is InChI=1S/C10H20N6S2/c1-6-8(12-14-10(18)16(4)5)7-11-13-9(17)15(2)3/h7H,6H2,1-5H3,(H,13,17)(H,14,18)/b11-7-,12-8-. The van der Waals surface area contributed by atoms with E-state index in [1.807, 2.05) is 35.1 Å². The zero-order valence-electron chi connectivity index (χ0n) is 11.4. The molecule has 0 saturated heterocycles. The van der Waals surface area contributed by atoms with Crippen molar-refractivity contribution in [3.63, 3.8) is 0 Å². The second-order valence-electron chi connectivity index (χ2n) is 3.84. The Bertz CT molecular complexity index is 348. The molecule has 102 valence electrons. The Kier molecular flexibility index (Phi) is 8.14. The summed E-state index contributed by atoms with van der Waals surface area (Å²) in [4.78, 5) is 3.53. The van der Waals surface area contributed by atoms with E-state index in [0.29, 0.717) is 10.2 Å². The van der Waals surface area contributed by atoms with Gasteiger partial charge in [-0.1, -0.05) is 6.92 Å². The molecule has 0 atom stereocenters. The van der Waals surface area contributed by atoms with Crippen molar-refractivity contribution in [1.82, 2.24) is 20.7 Å². The molecule has 0 fully saturated rings. The molecular weight excluding hydrogens is 268 g/mol. The van der Waals surface area contributed by atoms with Crippen LogP contribution in [0.4, 0.5) is 0 Å². The summed E-state index contributed by atoms with van der Waals surface area (Å²) < 4.78 is 0. The summed E-state index contributed by atoms with van der Waals surface area (Å²) in [7, 11) is 7.39. The van der Waals surface area contributed by atoms with Crippen LogP contribution in [0.15, 0.2) is 10.2 Å². The predicted octanol–water partition coefficient (Wildman–Crippen LogP) is 0.610. The highest BCUT2D eigenvalue weighted by molar-refractivity contribution is 7.80. The largest absolute Gasteiger partial charge is 0.354 e. The van der Waals surface area contributed by atoms with Crippen molar-refractivity contribution in [3.05, 3.63) is 0 Å². The average Bonchev–Trinajstić information content (AvgIpc) is 2.32. The van der Waals surface area contributed by atoms with Gasteiger partial charge in [-0.3, -0.25) is 10.9 Å². The lowest BCUT2D eigenvalue weighted by molar-refractivity contribution is 0.605. The lowest BCUT2D eigenvalue weighted by Gasteiger charge is -2.13.